The van der Waals surface area contributed by atoms with Crippen molar-refractivity contribution in [2.24, 2.45) is 0 Å². The van der Waals surface area contributed by atoms with Gasteiger partial charge in [0.15, 0.2) is 12.1 Å². The van der Waals surface area contributed by atoms with Crippen molar-refractivity contribution in [3.8, 4) is 0 Å². The van der Waals surface area contributed by atoms with Crippen LogP contribution in [0, 0.1) is 0 Å². The Morgan fingerprint density at radius 2 is 1.67 bits per heavy atom. The van der Waals surface area contributed by atoms with E-state index >= 15 is 0 Å². The quantitative estimate of drug-likeness (QED) is 0.479. The zero-order chi connectivity index (χ0) is 9.72. The summed E-state index contributed by atoms with van der Waals surface area (Å²) >= 11 is 0. The highest BCUT2D eigenvalue weighted by molar-refractivity contribution is 5.69. The van der Waals surface area contributed by atoms with Crippen LogP contribution in [0.3, 0.4) is 0 Å². The average Bonchev–Trinajstić information content (AvgIpc) is 1.98. The Morgan fingerprint density at radius 3 is 1.92 bits per heavy atom. The summed E-state index contributed by atoms with van der Waals surface area (Å²) in [5.41, 5.74) is 0. The molecule has 0 atom stereocenters. The molecule has 3 heteroatoms. The van der Waals surface area contributed by atoms with Gasteiger partial charge in [0, 0.05) is 18.3 Å². The van der Waals surface area contributed by atoms with Crippen molar-refractivity contribution in [2.75, 3.05) is 0 Å². The van der Waals surface area contributed by atoms with Gasteiger partial charge >= 0.3 is 0 Å². The summed E-state index contributed by atoms with van der Waals surface area (Å²) in [6.45, 7) is 7.81. The monoisotopic (exact) mass is 173 g/mol. The SMILES string of the molecule is CC(C)N(/C=C(\F)C=O)C(C)C. The molecule has 0 aliphatic rings. The van der Waals surface area contributed by atoms with Crippen molar-refractivity contribution in [1.82, 2.24) is 4.90 Å². The second-order valence-corrected chi connectivity index (χ2v) is 3.27. The van der Waals surface area contributed by atoms with Crippen LogP contribution in [0.5, 0.6) is 0 Å². The van der Waals surface area contributed by atoms with Crippen molar-refractivity contribution in [3.05, 3.63) is 12.0 Å². The zero-order valence-corrected chi connectivity index (χ0v) is 8.04. The van der Waals surface area contributed by atoms with E-state index in [1.807, 2.05) is 27.7 Å². The molecule has 0 radical (unpaired) electrons. The fourth-order valence-electron chi connectivity index (χ4n) is 1.07. The predicted octanol–water partition coefficient (Wildman–Crippen LogP) is 2.12. The van der Waals surface area contributed by atoms with Gasteiger partial charge in [-0.25, -0.2) is 4.39 Å². The molecule has 70 valence electrons. The summed E-state index contributed by atoms with van der Waals surface area (Å²) in [6, 6.07) is 0.409. The van der Waals surface area contributed by atoms with E-state index in [1.54, 1.807) is 4.90 Å². The molecular formula is C9H16FNO. The maximum Gasteiger partial charge on any atom is 0.179 e. The Kier molecular flexibility index (Phi) is 4.55. The number of carbonyl (C=O) groups excluding carboxylic acids is 1. The molecule has 0 N–H and O–H groups in total. The van der Waals surface area contributed by atoms with Crippen molar-refractivity contribution in [3.63, 3.8) is 0 Å². The predicted molar refractivity (Wildman–Crippen MR) is 47.4 cm³/mol. The number of nitrogens with zero attached hydrogens (tertiary/aromatic N) is 1. The van der Waals surface area contributed by atoms with Gasteiger partial charge in [0.1, 0.15) is 0 Å². The van der Waals surface area contributed by atoms with Crippen LogP contribution in [0.15, 0.2) is 12.0 Å². The summed E-state index contributed by atoms with van der Waals surface area (Å²) in [5, 5.41) is 0. The maximum atomic E-state index is 12.6. The molecule has 0 rings (SSSR count). The number of aldehydes is 1. The van der Waals surface area contributed by atoms with Gasteiger partial charge in [0.05, 0.1) is 0 Å². The molecule has 0 unspecified atom stereocenters. The molecular weight excluding hydrogens is 157 g/mol. The third kappa shape index (κ3) is 3.51. The average molecular weight is 173 g/mol. The number of hydrogen-bond donors (Lipinski definition) is 0. The van der Waals surface area contributed by atoms with Crippen molar-refractivity contribution >= 4 is 6.29 Å². The molecule has 0 aromatic rings. The van der Waals surface area contributed by atoms with E-state index in [0.29, 0.717) is 0 Å². The van der Waals surface area contributed by atoms with Crippen LogP contribution in [0.2, 0.25) is 0 Å². The van der Waals surface area contributed by atoms with Crippen LogP contribution in [0.4, 0.5) is 4.39 Å². The molecule has 0 saturated carbocycles. The third-order valence-electron chi connectivity index (χ3n) is 1.58. The van der Waals surface area contributed by atoms with E-state index in [-0.39, 0.29) is 18.4 Å². The van der Waals surface area contributed by atoms with Crippen LogP contribution in [-0.4, -0.2) is 23.3 Å². The highest BCUT2D eigenvalue weighted by Gasteiger charge is 2.09. The van der Waals surface area contributed by atoms with Gasteiger partial charge in [-0.05, 0) is 27.7 Å². The van der Waals surface area contributed by atoms with E-state index in [2.05, 4.69) is 0 Å². The zero-order valence-electron chi connectivity index (χ0n) is 8.04. The highest BCUT2D eigenvalue weighted by Crippen LogP contribution is 2.07. The van der Waals surface area contributed by atoms with E-state index in [1.165, 1.54) is 6.20 Å². The Hall–Kier alpha value is -0.860. The molecule has 0 spiro atoms. The number of allylic oxidation sites excluding steroid dienone is 1. The minimum atomic E-state index is -0.725. The summed E-state index contributed by atoms with van der Waals surface area (Å²) < 4.78 is 12.6. The summed E-state index contributed by atoms with van der Waals surface area (Å²) in [4.78, 5) is 11.8. The van der Waals surface area contributed by atoms with Gasteiger partial charge in [-0.15, -0.1) is 0 Å². The van der Waals surface area contributed by atoms with Crippen LogP contribution in [0.25, 0.3) is 0 Å². The topological polar surface area (TPSA) is 20.3 Å². The van der Waals surface area contributed by atoms with Gasteiger partial charge in [-0.1, -0.05) is 0 Å². The largest absolute Gasteiger partial charge is 0.370 e. The standard InChI is InChI=1S/C9H16FNO/c1-7(2)11(8(3)4)5-9(10)6-12/h5-8H,1-4H3/b9-5-. The molecule has 2 nitrogen and oxygen atoms in total. The Balaban J connectivity index is 4.42. The number of rotatable bonds is 4. The van der Waals surface area contributed by atoms with Crippen molar-refractivity contribution < 1.29 is 9.18 Å². The van der Waals surface area contributed by atoms with Gasteiger partial charge < -0.3 is 4.90 Å². The van der Waals surface area contributed by atoms with Crippen LogP contribution in [-0.2, 0) is 4.79 Å². The Morgan fingerprint density at radius 1 is 1.25 bits per heavy atom. The van der Waals surface area contributed by atoms with Crippen molar-refractivity contribution in [1.29, 1.82) is 0 Å². The molecule has 0 heterocycles. The molecule has 0 aliphatic heterocycles. The first-order valence-corrected chi connectivity index (χ1v) is 4.09. The normalized spacial score (nSPS) is 12.4. The van der Waals surface area contributed by atoms with Gasteiger partial charge in [0.2, 0.25) is 0 Å². The molecule has 0 aromatic heterocycles. The van der Waals surface area contributed by atoms with Crippen LogP contribution >= 0.6 is 0 Å². The number of halogens is 1. The summed E-state index contributed by atoms with van der Waals surface area (Å²) in [6.07, 6.45) is 1.47. The van der Waals surface area contributed by atoms with E-state index < -0.39 is 5.83 Å². The molecule has 0 amide bonds. The van der Waals surface area contributed by atoms with E-state index in [9.17, 15) is 9.18 Å². The van der Waals surface area contributed by atoms with E-state index in [0.717, 1.165) is 0 Å². The molecule has 0 fully saturated rings. The second kappa shape index (κ2) is 4.91. The minimum Gasteiger partial charge on any atom is -0.370 e. The lowest BCUT2D eigenvalue weighted by Crippen LogP contribution is -2.32. The number of hydrogen-bond acceptors (Lipinski definition) is 2. The fourth-order valence-corrected chi connectivity index (χ4v) is 1.07. The van der Waals surface area contributed by atoms with Gasteiger partial charge in [-0.3, -0.25) is 4.79 Å². The van der Waals surface area contributed by atoms with Gasteiger partial charge in [0.25, 0.3) is 0 Å². The van der Waals surface area contributed by atoms with Crippen LogP contribution in [0.1, 0.15) is 27.7 Å². The summed E-state index contributed by atoms with van der Waals surface area (Å²) in [7, 11) is 0. The first kappa shape index (κ1) is 11.1. The van der Waals surface area contributed by atoms with Crippen LogP contribution < -0.4 is 0 Å². The lowest BCUT2D eigenvalue weighted by atomic mass is 10.2. The lowest BCUT2D eigenvalue weighted by Gasteiger charge is -2.28. The fraction of sp³-hybridized carbons (Fsp3) is 0.667. The molecule has 0 saturated heterocycles. The van der Waals surface area contributed by atoms with Gasteiger partial charge in [-0.2, -0.15) is 0 Å². The minimum absolute atomic E-state index is 0.204. The second-order valence-electron chi connectivity index (χ2n) is 3.27. The van der Waals surface area contributed by atoms with E-state index in [4.69, 9.17) is 0 Å². The third-order valence-corrected chi connectivity index (χ3v) is 1.58. The maximum absolute atomic E-state index is 12.6. The number of carbonyl (C=O) groups is 1. The Labute approximate surface area is 73.1 Å². The highest BCUT2D eigenvalue weighted by atomic mass is 19.1. The molecule has 0 aromatic carbocycles. The smallest absolute Gasteiger partial charge is 0.179 e. The molecule has 12 heavy (non-hydrogen) atoms. The first-order chi connectivity index (χ1) is 5.49. The summed E-state index contributed by atoms with van der Waals surface area (Å²) in [5.74, 6) is -0.725. The molecule has 0 bridgehead atoms. The lowest BCUT2D eigenvalue weighted by molar-refractivity contribution is -0.106. The van der Waals surface area contributed by atoms with Crippen molar-refractivity contribution in [2.45, 2.75) is 39.8 Å². The first-order valence-electron chi connectivity index (χ1n) is 4.09. The Bertz CT molecular complexity index is 167. The molecule has 0 aliphatic carbocycles.